The van der Waals surface area contributed by atoms with E-state index in [1.165, 1.54) is 69.8 Å². The fourth-order valence-corrected chi connectivity index (χ4v) is 5.24. The zero-order chi connectivity index (χ0) is 24.2. The summed E-state index contributed by atoms with van der Waals surface area (Å²) in [6, 6.07) is 13.1. The van der Waals surface area contributed by atoms with E-state index in [2.05, 4.69) is 10.1 Å². The summed E-state index contributed by atoms with van der Waals surface area (Å²) in [5.41, 5.74) is 0.826. The van der Waals surface area contributed by atoms with Crippen molar-refractivity contribution in [1.29, 1.82) is 0 Å². The van der Waals surface area contributed by atoms with Gasteiger partial charge in [0.1, 0.15) is 4.21 Å². The summed E-state index contributed by atoms with van der Waals surface area (Å²) in [5, 5.41) is 4.26. The van der Waals surface area contributed by atoms with Gasteiger partial charge >= 0.3 is 11.9 Å². The molecule has 0 saturated carbocycles. The highest BCUT2D eigenvalue weighted by Gasteiger charge is 2.23. The number of nitrogens with one attached hydrogen (secondary N) is 1. The maximum absolute atomic E-state index is 12.8. The molecule has 0 radical (unpaired) electrons. The smallest absolute Gasteiger partial charge is 0.339 e. The van der Waals surface area contributed by atoms with Crippen LogP contribution in [0.25, 0.3) is 0 Å². The van der Waals surface area contributed by atoms with Crippen molar-refractivity contribution < 1.29 is 32.3 Å². The summed E-state index contributed by atoms with van der Waals surface area (Å²) < 4.78 is 36.1. The maximum Gasteiger partial charge on any atom is 0.339 e. The monoisotopic (exact) mass is 488 g/mol. The standard InChI is InChI=1S/C22H20N2O7S2/c1-24(33(28,29)19-5-4-12-32-19)16-9-6-14(7-10-16)20(25)23-18-13-15(21(26)30-2)8-11-17(18)22(27)31-3/h4-13H,1-3H3,(H,23,25). The number of amides is 1. The van der Waals surface area contributed by atoms with Crippen molar-refractivity contribution in [2.45, 2.75) is 4.21 Å². The van der Waals surface area contributed by atoms with Gasteiger partial charge < -0.3 is 14.8 Å². The first-order valence-corrected chi connectivity index (χ1v) is 11.8. The summed E-state index contributed by atoms with van der Waals surface area (Å²) in [4.78, 5) is 36.7. The number of methoxy groups -OCH3 is 2. The van der Waals surface area contributed by atoms with E-state index >= 15 is 0 Å². The number of esters is 2. The minimum atomic E-state index is -3.71. The molecule has 0 atom stereocenters. The first kappa shape index (κ1) is 24.0. The lowest BCUT2D eigenvalue weighted by atomic mass is 10.1. The minimum absolute atomic E-state index is 0.0527. The van der Waals surface area contributed by atoms with Crippen LogP contribution in [0.3, 0.4) is 0 Å². The summed E-state index contributed by atoms with van der Waals surface area (Å²) in [7, 11) is 0.124. The Morgan fingerprint density at radius 3 is 2.12 bits per heavy atom. The van der Waals surface area contributed by atoms with Crippen molar-refractivity contribution >= 4 is 50.6 Å². The highest BCUT2D eigenvalue weighted by molar-refractivity contribution is 7.94. The Morgan fingerprint density at radius 1 is 0.909 bits per heavy atom. The molecule has 1 heterocycles. The number of hydrogen-bond acceptors (Lipinski definition) is 8. The largest absolute Gasteiger partial charge is 0.465 e. The lowest BCUT2D eigenvalue weighted by molar-refractivity contribution is 0.0587. The van der Waals surface area contributed by atoms with Crippen LogP contribution in [0.2, 0.25) is 0 Å². The van der Waals surface area contributed by atoms with Gasteiger partial charge in [0.15, 0.2) is 0 Å². The maximum atomic E-state index is 12.8. The van der Waals surface area contributed by atoms with Crippen molar-refractivity contribution in [3.8, 4) is 0 Å². The van der Waals surface area contributed by atoms with Gasteiger partial charge in [0, 0.05) is 12.6 Å². The molecular formula is C22H20N2O7S2. The Morgan fingerprint density at radius 2 is 1.55 bits per heavy atom. The van der Waals surface area contributed by atoms with Crippen molar-refractivity contribution in [2.24, 2.45) is 0 Å². The van der Waals surface area contributed by atoms with E-state index in [0.717, 1.165) is 15.6 Å². The molecule has 0 bridgehead atoms. The second kappa shape index (κ2) is 9.84. The molecule has 1 amide bonds. The zero-order valence-corrected chi connectivity index (χ0v) is 19.5. The van der Waals surface area contributed by atoms with Gasteiger partial charge in [-0.25, -0.2) is 18.0 Å². The number of sulfonamides is 1. The lowest BCUT2D eigenvalue weighted by Gasteiger charge is -2.18. The van der Waals surface area contributed by atoms with Crippen LogP contribution in [0.15, 0.2) is 64.2 Å². The third kappa shape index (κ3) is 5.04. The highest BCUT2D eigenvalue weighted by Crippen LogP contribution is 2.26. The fourth-order valence-electron chi connectivity index (χ4n) is 2.88. The van der Waals surface area contributed by atoms with Crippen LogP contribution >= 0.6 is 11.3 Å². The Kier molecular flexibility index (Phi) is 7.14. The van der Waals surface area contributed by atoms with E-state index in [1.807, 2.05) is 0 Å². The Hall–Kier alpha value is -3.70. The van der Waals surface area contributed by atoms with E-state index in [1.54, 1.807) is 11.4 Å². The first-order valence-electron chi connectivity index (χ1n) is 9.43. The molecule has 0 saturated heterocycles. The normalized spacial score (nSPS) is 10.9. The van der Waals surface area contributed by atoms with E-state index < -0.39 is 27.9 Å². The van der Waals surface area contributed by atoms with Gasteiger partial charge in [-0.05, 0) is 53.9 Å². The molecule has 2 aromatic carbocycles. The second-order valence-corrected chi connectivity index (χ2v) is 9.79. The van der Waals surface area contributed by atoms with E-state index in [0.29, 0.717) is 5.69 Å². The average molecular weight is 489 g/mol. The predicted molar refractivity (Wildman–Crippen MR) is 123 cm³/mol. The average Bonchev–Trinajstić information content (AvgIpc) is 3.38. The molecule has 3 aromatic rings. The minimum Gasteiger partial charge on any atom is -0.465 e. The zero-order valence-electron chi connectivity index (χ0n) is 17.9. The van der Waals surface area contributed by atoms with Crippen LogP contribution in [-0.4, -0.2) is 47.5 Å². The highest BCUT2D eigenvalue weighted by atomic mass is 32.2. The molecule has 0 spiro atoms. The number of rotatable bonds is 7. The van der Waals surface area contributed by atoms with E-state index in [4.69, 9.17) is 4.74 Å². The van der Waals surface area contributed by atoms with Gasteiger partial charge in [-0.1, -0.05) is 6.07 Å². The third-order valence-electron chi connectivity index (χ3n) is 4.70. The number of carbonyl (C=O) groups excluding carboxylic acids is 3. The molecule has 0 aliphatic rings. The quantitative estimate of drug-likeness (QED) is 0.506. The number of ether oxygens (including phenoxy) is 2. The van der Waals surface area contributed by atoms with Crippen molar-refractivity contribution in [3.05, 3.63) is 76.7 Å². The van der Waals surface area contributed by atoms with Crippen LogP contribution in [0.5, 0.6) is 0 Å². The molecule has 33 heavy (non-hydrogen) atoms. The van der Waals surface area contributed by atoms with Crippen LogP contribution in [0, 0.1) is 0 Å². The number of hydrogen-bond donors (Lipinski definition) is 1. The number of benzene rings is 2. The van der Waals surface area contributed by atoms with E-state index in [9.17, 15) is 22.8 Å². The molecular weight excluding hydrogens is 468 g/mol. The van der Waals surface area contributed by atoms with Gasteiger partial charge in [0.2, 0.25) is 0 Å². The molecule has 1 N–H and O–H groups in total. The molecule has 11 heteroatoms. The number of thiophene rings is 1. The summed E-state index contributed by atoms with van der Waals surface area (Å²) >= 11 is 1.11. The number of anilines is 2. The number of nitrogens with zero attached hydrogens (tertiary/aromatic N) is 1. The van der Waals surface area contributed by atoms with Gasteiger partial charge in [-0.3, -0.25) is 9.10 Å². The fraction of sp³-hybridized carbons (Fsp3) is 0.136. The van der Waals surface area contributed by atoms with Crippen molar-refractivity contribution in [3.63, 3.8) is 0 Å². The molecule has 1 aromatic heterocycles. The summed E-state index contributed by atoms with van der Waals surface area (Å²) in [5.74, 6) is -1.91. The predicted octanol–water partition coefficient (Wildman–Crippen LogP) is 3.40. The Balaban J connectivity index is 1.85. The van der Waals surface area contributed by atoms with Gasteiger partial charge in [-0.15, -0.1) is 11.3 Å². The lowest BCUT2D eigenvalue weighted by Crippen LogP contribution is -2.25. The molecule has 172 valence electrons. The molecule has 9 nitrogen and oxygen atoms in total. The molecule has 0 aliphatic carbocycles. The Bertz CT molecular complexity index is 1280. The Labute approximate surface area is 194 Å². The van der Waals surface area contributed by atoms with Gasteiger partial charge in [0.25, 0.3) is 15.9 Å². The van der Waals surface area contributed by atoms with Crippen LogP contribution in [0.4, 0.5) is 11.4 Å². The summed E-state index contributed by atoms with van der Waals surface area (Å²) in [6.07, 6.45) is 0. The summed E-state index contributed by atoms with van der Waals surface area (Å²) in [6.45, 7) is 0. The molecule has 3 rings (SSSR count). The molecule has 0 fully saturated rings. The van der Waals surface area contributed by atoms with Crippen LogP contribution in [0.1, 0.15) is 31.1 Å². The van der Waals surface area contributed by atoms with Crippen molar-refractivity contribution in [1.82, 2.24) is 0 Å². The first-order chi connectivity index (χ1) is 15.7. The second-order valence-electron chi connectivity index (χ2n) is 6.65. The van der Waals surface area contributed by atoms with Crippen LogP contribution < -0.4 is 9.62 Å². The van der Waals surface area contributed by atoms with E-state index in [-0.39, 0.29) is 26.6 Å². The topological polar surface area (TPSA) is 119 Å². The van der Waals surface area contributed by atoms with Gasteiger partial charge in [-0.2, -0.15) is 0 Å². The van der Waals surface area contributed by atoms with Crippen molar-refractivity contribution in [2.75, 3.05) is 30.9 Å². The third-order valence-corrected chi connectivity index (χ3v) is 7.86. The van der Waals surface area contributed by atoms with Crippen LogP contribution in [-0.2, 0) is 19.5 Å². The molecule has 0 aliphatic heterocycles. The molecule has 0 unspecified atom stereocenters. The van der Waals surface area contributed by atoms with Gasteiger partial charge in [0.05, 0.1) is 36.7 Å². The number of carbonyl (C=O) groups is 3. The SMILES string of the molecule is COC(=O)c1ccc(C(=O)OC)c(NC(=O)c2ccc(N(C)S(=O)(=O)c3cccs3)cc2)c1.